The van der Waals surface area contributed by atoms with Gasteiger partial charge in [-0.15, -0.1) is 10.2 Å². The van der Waals surface area contributed by atoms with Gasteiger partial charge in [-0.25, -0.2) is 21.6 Å². The number of sulfonamides is 1. The summed E-state index contributed by atoms with van der Waals surface area (Å²) in [5, 5.41) is 7.82. The standard InChI is InChI=1S/C20H15F3N4O2S/c1-13-24-25-20-9-7-17(12-26(13)20)30(28,29)27(11-14-2-4-15(21)5-3-14)16-6-8-18(22)19(23)10-16/h2-10,12H,11H2,1H3. The fourth-order valence-corrected chi connectivity index (χ4v) is 4.42. The van der Waals surface area contributed by atoms with Crippen LogP contribution in [0.25, 0.3) is 5.65 Å². The van der Waals surface area contributed by atoms with Crippen LogP contribution in [-0.4, -0.2) is 23.0 Å². The number of hydrogen-bond acceptors (Lipinski definition) is 4. The number of fused-ring (bicyclic) bond motifs is 1. The Morgan fingerprint density at radius 2 is 1.67 bits per heavy atom. The van der Waals surface area contributed by atoms with E-state index in [-0.39, 0.29) is 17.1 Å². The quantitative estimate of drug-likeness (QED) is 0.481. The van der Waals surface area contributed by atoms with Crippen molar-refractivity contribution in [1.29, 1.82) is 0 Å². The van der Waals surface area contributed by atoms with Crippen LogP contribution in [0.2, 0.25) is 0 Å². The molecule has 0 unspecified atom stereocenters. The third-order valence-corrected chi connectivity index (χ3v) is 6.32. The van der Waals surface area contributed by atoms with E-state index in [9.17, 15) is 21.6 Å². The van der Waals surface area contributed by atoms with Crippen LogP contribution in [0.5, 0.6) is 0 Å². The number of aromatic nitrogens is 3. The predicted molar refractivity (Wildman–Crippen MR) is 104 cm³/mol. The third kappa shape index (κ3) is 3.61. The van der Waals surface area contributed by atoms with Crippen molar-refractivity contribution in [3.63, 3.8) is 0 Å². The molecular formula is C20H15F3N4O2S. The molecule has 30 heavy (non-hydrogen) atoms. The molecule has 4 aromatic rings. The fraction of sp³-hybridized carbons (Fsp3) is 0.100. The van der Waals surface area contributed by atoms with Crippen LogP contribution in [0.3, 0.4) is 0 Å². The van der Waals surface area contributed by atoms with Gasteiger partial charge >= 0.3 is 0 Å². The molecular weight excluding hydrogens is 417 g/mol. The second kappa shape index (κ2) is 7.45. The zero-order valence-corrected chi connectivity index (χ0v) is 16.4. The summed E-state index contributed by atoms with van der Waals surface area (Å²) >= 11 is 0. The highest BCUT2D eigenvalue weighted by Gasteiger charge is 2.27. The molecule has 6 nitrogen and oxygen atoms in total. The van der Waals surface area contributed by atoms with E-state index in [2.05, 4.69) is 10.2 Å². The first-order chi connectivity index (χ1) is 14.3. The Morgan fingerprint density at radius 3 is 2.37 bits per heavy atom. The molecule has 0 radical (unpaired) electrons. The first-order valence-corrected chi connectivity index (χ1v) is 10.2. The Kier molecular flexibility index (Phi) is 4.94. The molecule has 0 atom stereocenters. The summed E-state index contributed by atoms with van der Waals surface area (Å²) in [4.78, 5) is -0.0928. The van der Waals surface area contributed by atoms with Crippen LogP contribution < -0.4 is 4.31 Å². The molecule has 2 heterocycles. The minimum absolute atomic E-state index is 0.0706. The van der Waals surface area contributed by atoms with Crippen molar-refractivity contribution in [3.05, 3.63) is 89.6 Å². The van der Waals surface area contributed by atoms with Crippen LogP contribution >= 0.6 is 0 Å². The minimum Gasteiger partial charge on any atom is -0.285 e. The number of anilines is 1. The SMILES string of the molecule is Cc1nnc2ccc(S(=O)(=O)N(Cc3ccc(F)cc3)c3ccc(F)c(F)c3)cn12. The molecule has 0 N–H and O–H groups in total. The predicted octanol–water partition coefficient (Wildman–Crippen LogP) is 3.85. The van der Waals surface area contributed by atoms with Gasteiger partial charge in [-0.05, 0) is 48.9 Å². The summed E-state index contributed by atoms with van der Waals surface area (Å²) in [6.45, 7) is 1.45. The van der Waals surface area contributed by atoms with Crippen molar-refractivity contribution >= 4 is 21.4 Å². The molecule has 4 rings (SSSR count). The highest BCUT2D eigenvalue weighted by Crippen LogP contribution is 2.28. The van der Waals surface area contributed by atoms with Crippen molar-refractivity contribution in [2.75, 3.05) is 4.31 Å². The van der Waals surface area contributed by atoms with E-state index in [0.29, 0.717) is 17.0 Å². The maximum absolute atomic E-state index is 13.9. The molecule has 0 saturated carbocycles. The van der Waals surface area contributed by atoms with Crippen molar-refractivity contribution < 1.29 is 21.6 Å². The number of pyridine rings is 1. The largest absolute Gasteiger partial charge is 0.285 e. The molecule has 0 aliphatic carbocycles. The first kappa shape index (κ1) is 19.9. The average molecular weight is 432 g/mol. The van der Waals surface area contributed by atoms with Gasteiger partial charge in [0.2, 0.25) is 0 Å². The van der Waals surface area contributed by atoms with E-state index in [0.717, 1.165) is 16.4 Å². The Labute approximate surface area is 170 Å². The number of hydrogen-bond donors (Lipinski definition) is 0. The maximum Gasteiger partial charge on any atom is 0.266 e. The van der Waals surface area contributed by atoms with Crippen molar-refractivity contribution in [2.24, 2.45) is 0 Å². The highest BCUT2D eigenvalue weighted by atomic mass is 32.2. The summed E-state index contributed by atoms with van der Waals surface area (Å²) in [6, 6.07) is 10.9. The Bertz CT molecular complexity index is 1340. The van der Waals surface area contributed by atoms with Gasteiger partial charge in [0.15, 0.2) is 17.3 Å². The van der Waals surface area contributed by atoms with Gasteiger partial charge in [0.1, 0.15) is 16.5 Å². The number of benzene rings is 2. The van der Waals surface area contributed by atoms with Gasteiger partial charge in [0.05, 0.1) is 12.2 Å². The van der Waals surface area contributed by atoms with E-state index in [4.69, 9.17) is 0 Å². The van der Waals surface area contributed by atoms with Gasteiger partial charge in [0, 0.05) is 12.3 Å². The maximum atomic E-state index is 13.9. The average Bonchev–Trinajstić information content (AvgIpc) is 3.10. The van der Waals surface area contributed by atoms with Crippen molar-refractivity contribution in [1.82, 2.24) is 14.6 Å². The molecule has 0 fully saturated rings. The molecule has 0 saturated heterocycles. The fourth-order valence-electron chi connectivity index (χ4n) is 2.98. The lowest BCUT2D eigenvalue weighted by Crippen LogP contribution is -2.31. The monoisotopic (exact) mass is 432 g/mol. The van der Waals surface area contributed by atoms with Gasteiger partial charge in [-0.1, -0.05) is 12.1 Å². The molecule has 0 bridgehead atoms. The number of halogens is 3. The van der Waals surface area contributed by atoms with Crippen LogP contribution in [0.15, 0.2) is 65.7 Å². The molecule has 0 amide bonds. The van der Waals surface area contributed by atoms with Crippen molar-refractivity contribution in [2.45, 2.75) is 18.4 Å². The lowest BCUT2D eigenvalue weighted by molar-refractivity contribution is 0.508. The zero-order valence-electron chi connectivity index (χ0n) is 15.6. The summed E-state index contributed by atoms with van der Waals surface area (Å²) in [5.41, 5.74) is 0.856. The summed E-state index contributed by atoms with van der Waals surface area (Å²) in [5.74, 6) is -2.27. The van der Waals surface area contributed by atoms with Crippen LogP contribution in [0, 0.1) is 24.4 Å². The Morgan fingerprint density at radius 1 is 0.933 bits per heavy atom. The molecule has 0 aliphatic rings. The first-order valence-electron chi connectivity index (χ1n) is 8.79. The lowest BCUT2D eigenvalue weighted by Gasteiger charge is -2.25. The smallest absolute Gasteiger partial charge is 0.266 e. The molecule has 10 heteroatoms. The van der Waals surface area contributed by atoms with Gasteiger partial charge in [-0.2, -0.15) is 0 Å². The molecule has 2 aromatic carbocycles. The summed E-state index contributed by atoms with van der Waals surface area (Å²) in [7, 11) is -4.20. The second-order valence-electron chi connectivity index (χ2n) is 6.58. The van der Waals surface area contributed by atoms with E-state index in [1.807, 2.05) is 0 Å². The third-order valence-electron chi connectivity index (χ3n) is 4.56. The van der Waals surface area contributed by atoms with E-state index < -0.39 is 27.5 Å². The number of aryl methyl sites for hydroxylation is 1. The molecule has 0 aliphatic heterocycles. The molecule has 154 valence electrons. The van der Waals surface area contributed by atoms with Crippen LogP contribution in [0.4, 0.5) is 18.9 Å². The number of nitrogens with zero attached hydrogens (tertiary/aromatic N) is 4. The minimum atomic E-state index is -4.20. The van der Waals surface area contributed by atoms with Crippen molar-refractivity contribution in [3.8, 4) is 0 Å². The summed E-state index contributed by atoms with van der Waals surface area (Å²) in [6.07, 6.45) is 1.36. The van der Waals surface area contributed by atoms with E-state index in [1.54, 1.807) is 6.92 Å². The second-order valence-corrected chi connectivity index (χ2v) is 8.44. The normalized spacial score (nSPS) is 11.7. The van der Waals surface area contributed by atoms with Gasteiger partial charge in [-0.3, -0.25) is 8.71 Å². The van der Waals surface area contributed by atoms with Gasteiger partial charge in [0.25, 0.3) is 10.0 Å². The lowest BCUT2D eigenvalue weighted by atomic mass is 10.2. The topological polar surface area (TPSA) is 67.6 Å². The van der Waals surface area contributed by atoms with Crippen LogP contribution in [-0.2, 0) is 16.6 Å². The molecule has 2 aromatic heterocycles. The zero-order chi connectivity index (χ0) is 21.5. The Hall–Kier alpha value is -3.40. The summed E-state index contributed by atoms with van der Waals surface area (Å²) < 4.78 is 69.9. The highest BCUT2D eigenvalue weighted by molar-refractivity contribution is 7.92. The Balaban J connectivity index is 1.84. The van der Waals surface area contributed by atoms with Gasteiger partial charge < -0.3 is 0 Å². The molecule has 0 spiro atoms. The van der Waals surface area contributed by atoms with Crippen LogP contribution in [0.1, 0.15) is 11.4 Å². The van der Waals surface area contributed by atoms with E-state index >= 15 is 0 Å². The number of rotatable bonds is 5. The van der Waals surface area contributed by atoms with E-state index in [1.165, 1.54) is 53.1 Å².